The first-order valence-electron chi connectivity index (χ1n) is 9.96. The molecule has 2 aliphatic rings. The summed E-state index contributed by atoms with van der Waals surface area (Å²) in [7, 11) is -4.16. The molecule has 0 aliphatic carbocycles. The van der Waals surface area contributed by atoms with Crippen LogP contribution in [0.15, 0.2) is 42.7 Å². The van der Waals surface area contributed by atoms with E-state index in [0.29, 0.717) is 17.9 Å². The van der Waals surface area contributed by atoms with Gasteiger partial charge in [0.2, 0.25) is 0 Å². The predicted octanol–water partition coefficient (Wildman–Crippen LogP) is -5.06. The normalized spacial score (nSPS) is 18.1. The van der Waals surface area contributed by atoms with Crippen LogP contribution in [0.5, 0.6) is 0 Å². The number of nitrogens with zero attached hydrogens (tertiary/aromatic N) is 6. The third-order valence-corrected chi connectivity index (χ3v) is 6.05. The van der Waals surface area contributed by atoms with Gasteiger partial charge in [-0.15, -0.1) is 11.4 Å². The van der Waals surface area contributed by atoms with E-state index in [-0.39, 0.29) is 78.3 Å². The summed E-state index contributed by atoms with van der Waals surface area (Å²) in [6, 6.07) is 9.09. The van der Waals surface area contributed by atoms with Gasteiger partial charge in [0.15, 0.2) is 11.5 Å². The molecule has 14 heteroatoms. The fourth-order valence-corrected chi connectivity index (χ4v) is 4.42. The molecule has 11 nitrogen and oxygen atoms in total. The van der Waals surface area contributed by atoms with Crippen molar-refractivity contribution in [3.8, 4) is 16.9 Å². The van der Waals surface area contributed by atoms with Crippen molar-refractivity contribution in [3.63, 3.8) is 0 Å². The van der Waals surface area contributed by atoms with Gasteiger partial charge >= 0.3 is 65.2 Å². The van der Waals surface area contributed by atoms with Crippen LogP contribution in [0.4, 0.5) is 10.5 Å². The van der Waals surface area contributed by atoms with E-state index in [9.17, 15) is 14.6 Å². The van der Waals surface area contributed by atoms with Gasteiger partial charge < -0.3 is 23.9 Å². The second-order valence-electron chi connectivity index (χ2n) is 7.69. The van der Waals surface area contributed by atoms with Crippen LogP contribution in [0.3, 0.4) is 0 Å². The number of aromatic nitrogens is 4. The fourth-order valence-electron chi connectivity index (χ4n) is 4.04. The smallest absolute Gasteiger partial charge is 0.821 e. The number of amides is 1. The molecule has 0 unspecified atom stereocenters. The van der Waals surface area contributed by atoms with Gasteiger partial charge in [0, 0.05) is 11.8 Å². The molecule has 1 fully saturated rings. The number of hydrogen-bond donors (Lipinski definition) is 0. The van der Waals surface area contributed by atoms with E-state index in [0.717, 1.165) is 22.4 Å². The third-order valence-electron chi connectivity index (χ3n) is 5.51. The number of benzene rings is 1. The van der Waals surface area contributed by atoms with E-state index < -0.39 is 19.8 Å². The predicted molar refractivity (Wildman–Crippen MR) is 115 cm³/mol. The number of hydrogen-bond acceptors (Lipinski definition) is 8. The van der Waals surface area contributed by atoms with E-state index in [1.165, 1.54) is 4.68 Å². The quantitative estimate of drug-likeness (QED) is 0.183. The van der Waals surface area contributed by atoms with E-state index >= 15 is 0 Å². The van der Waals surface area contributed by atoms with Crippen molar-refractivity contribution in [2.24, 2.45) is 0 Å². The first-order chi connectivity index (χ1) is 15.8. The summed E-state index contributed by atoms with van der Waals surface area (Å²) in [4.78, 5) is 44.1. The number of carbonyl (C=O) groups is 1. The van der Waals surface area contributed by atoms with Crippen molar-refractivity contribution in [1.82, 2.24) is 20.0 Å². The largest absolute Gasteiger partial charge is 1.00 e. The average molecular weight is 510 g/mol. The minimum absolute atomic E-state index is 0. The number of cyclic esters (lactones) is 1. The summed E-state index contributed by atoms with van der Waals surface area (Å²) < 4.78 is 11.6. The molecule has 168 valence electrons. The molecule has 5 rings (SSSR count). The molecular weight excluding hydrogens is 493 g/mol. The summed E-state index contributed by atoms with van der Waals surface area (Å²) in [6.07, 6.45) is 5.62. The SMILES string of the molecule is [C-]#[N+]Cc1cn(-c2ccc(-c3ccc4c(c3)C[C@H]3[C@H](COP(=C)([O-])[O-])OC(=O)N43)cn2)nn1.[Na+].[Na+]. The zero-order valence-corrected chi connectivity index (χ0v) is 24.1. The maximum atomic E-state index is 12.4. The number of ether oxygens (including phenoxy) is 1. The molecule has 35 heavy (non-hydrogen) atoms. The second kappa shape index (κ2) is 11.2. The Kier molecular flexibility index (Phi) is 9.00. The first-order valence-corrected chi connectivity index (χ1v) is 11.7. The van der Waals surface area contributed by atoms with Crippen LogP contribution in [-0.2, 0) is 22.2 Å². The Balaban J connectivity index is 0.00000171. The molecule has 1 saturated heterocycles. The van der Waals surface area contributed by atoms with Crippen LogP contribution < -0.4 is 73.8 Å². The van der Waals surface area contributed by atoms with Gasteiger partial charge in [0.05, 0.1) is 24.5 Å². The summed E-state index contributed by atoms with van der Waals surface area (Å²) in [5.74, 6) is 0.580. The molecule has 2 atom stereocenters. The fraction of sp³-hybridized carbons (Fsp3) is 0.238. The van der Waals surface area contributed by atoms with Gasteiger partial charge in [-0.2, -0.15) is 7.57 Å². The number of anilines is 1. The van der Waals surface area contributed by atoms with Gasteiger partial charge in [0.25, 0.3) is 6.54 Å². The zero-order chi connectivity index (χ0) is 23.2. The number of rotatable bonds is 6. The zero-order valence-electron chi connectivity index (χ0n) is 19.2. The van der Waals surface area contributed by atoms with Crippen molar-refractivity contribution in [2.75, 3.05) is 11.5 Å². The summed E-state index contributed by atoms with van der Waals surface area (Å²) >= 11 is 0. The van der Waals surface area contributed by atoms with E-state index in [1.807, 2.05) is 30.3 Å². The van der Waals surface area contributed by atoms with Crippen molar-refractivity contribution in [2.45, 2.75) is 25.1 Å². The van der Waals surface area contributed by atoms with Gasteiger partial charge in [-0.3, -0.25) is 4.90 Å². The molecule has 0 spiro atoms. The molecule has 1 amide bonds. The van der Waals surface area contributed by atoms with E-state index in [1.54, 1.807) is 17.3 Å². The molecule has 1 aromatic carbocycles. The molecule has 2 aromatic heterocycles. The Morgan fingerprint density at radius 3 is 2.71 bits per heavy atom. The Bertz CT molecular complexity index is 1320. The molecule has 2 aliphatic heterocycles. The average Bonchev–Trinajstić information content (AvgIpc) is 3.47. The topological polar surface area (TPSA) is 133 Å². The molecule has 0 radical (unpaired) electrons. The summed E-state index contributed by atoms with van der Waals surface area (Å²) in [5.41, 5.74) is 4.05. The maximum Gasteiger partial charge on any atom is 1.00 e. The Hall–Kier alpha value is -1.55. The van der Waals surface area contributed by atoms with Crippen LogP contribution in [-0.4, -0.2) is 51.1 Å². The molecular formula is C21H17N6Na2O5P. The van der Waals surface area contributed by atoms with Crippen molar-refractivity contribution in [3.05, 3.63) is 65.4 Å². The molecule has 4 heterocycles. The Morgan fingerprint density at radius 1 is 1.26 bits per heavy atom. The number of carbonyl (C=O) groups excluding carboxylic acids is 1. The van der Waals surface area contributed by atoms with Gasteiger partial charge in [-0.05, 0) is 41.8 Å². The first kappa shape index (κ1) is 28.0. The molecule has 3 aromatic rings. The minimum atomic E-state index is -4.16. The number of fused-ring (bicyclic) bond motifs is 3. The molecule has 0 saturated carbocycles. The van der Waals surface area contributed by atoms with Gasteiger partial charge in [0.1, 0.15) is 6.10 Å². The van der Waals surface area contributed by atoms with Crippen LogP contribution in [0, 0.1) is 6.57 Å². The summed E-state index contributed by atoms with van der Waals surface area (Å²) in [5, 5.41) is 7.93. The van der Waals surface area contributed by atoms with Crippen molar-refractivity contribution >= 4 is 25.6 Å². The minimum Gasteiger partial charge on any atom is -0.821 e. The van der Waals surface area contributed by atoms with Gasteiger partial charge in [-0.25, -0.2) is 21.0 Å². The molecule has 0 bridgehead atoms. The Morgan fingerprint density at radius 2 is 2.03 bits per heavy atom. The van der Waals surface area contributed by atoms with E-state index in [4.69, 9.17) is 15.8 Å². The monoisotopic (exact) mass is 510 g/mol. The van der Waals surface area contributed by atoms with Crippen LogP contribution in [0.1, 0.15) is 11.3 Å². The van der Waals surface area contributed by atoms with E-state index in [2.05, 4.69) is 26.4 Å². The van der Waals surface area contributed by atoms with Crippen molar-refractivity contribution < 1.29 is 83.0 Å². The van der Waals surface area contributed by atoms with Crippen LogP contribution in [0.2, 0.25) is 0 Å². The third kappa shape index (κ3) is 5.89. The van der Waals surface area contributed by atoms with Crippen molar-refractivity contribution in [1.29, 1.82) is 0 Å². The number of pyridine rings is 1. The van der Waals surface area contributed by atoms with Crippen LogP contribution in [0.25, 0.3) is 21.8 Å². The molecule has 0 N–H and O–H groups in total. The standard InChI is InChI=1S/C21H17N6O5P.2Na/c1-22-10-16-11-26(25-24-16)20-6-4-14(9-23-20)13-3-5-17-15(7-13)8-18-19(12-31-33(2,29)30)32-21(28)27(17)18;;/h3-7,9,11,18-19H,2,8,10,12H2;;/q-2;2*+1/t18-,19-;;/m0../s1. The maximum absolute atomic E-state index is 12.4. The van der Waals surface area contributed by atoms with Crippen LogP contribution >= 0.6 is 7.57 Å². The Labute approximate surface area is 245 Å². The van der Waals surface area contributed by atoms with Gasteiger partial charge in [-0.1, -0.05) is 11.3 Å². The second-order valence-corrected chi connectivity index (χ2v) is 9.17. The summed E-state index contributed by atoms with van der Waals surface area (Å²) in [6.45, 7) is 6.81.